The number of hydrogen-bond donors (Lipinski definition) is 1. The fourth-order valence-electron chi connectivity index (χ4n) is 2.44. The van der Waals surface area contributed by atoms with E-state index in [0.29, 0.717) is 44.2 Å². The van der Waals surface area contributed by atoms with Crippen molar-refractivity contribution in [3.8, 4) is 5.88 Å². The van der Waals surface area contributed by atoms with Crippen molar-refractivity contribution in [2.75, 3.05) is 31.1 Å². The van der Waals surface area contributed by atoms with E-state index in [1.165, 1.54) is 6.20 Å². The maximum atomic E-state index is 12.2. The lowest BCUT2D eigenvalue weighted by Crippen LogP contribution is -2.45. The molecule has 9 heteroatoms. The Bertz CT molecular complexity index is 539. The predicted octanol–water partition coefficient (Wildman–Crippen LogP) is 1.77. The SMILES string of the molecule is CCOc1cncc(N2CCCC(C(=O)NCC(F)(F)F)C2)n1. The highest BCUT2D eigenvalue weighted by Crippen LogP contribution is 2.23. The molecule has 1 amide bonds. The molecule has 0 aliphatic carbocycles. The molecule has 1 aromatic rings. The fraction of sp³-hybridized carbons (Fsp3) is 0.643. The topological polar surface area (TPSA) is 67.3 Å². The van der Waals surface area contributed by atoms with Crippen molar-refractivity contribution in [2.45, 2.75) is 25.9 Å². The summed E-state index contributed by atoms with van der Waals surface area (Å²) in [5.41, 5.74) is 0. The molecule has 1 atom stereocenters. The summed E-state index contributed by atoms with van der Waals surface area (Å²) in [5, 5.41) is 1.94. The van der Waals surface area contributed by atoms with Crippen molar-refractivity contribution >= 4 is 11.7 Å². The molecule has 0 aromatic carbocycles. The van der Waals surface area contributed by atoms with Gasteiger partial charge >= 0.3 is 6.18 Å². The van der Waals surface area contributed by atoms with Crippen molar-refractivity contribution in [3.05, 3.63) is 12.4 Å². The van der Waals surface area contributed by atoms with Gasteiger partial charge in [-0.15, -0.1) is 0 Å². The first-order valence-electron chi connectivity index (χ1n) is 7.43. The number of anilines is 1. The third kappa shape index (κ3) is 5.26. The molecular formula is C14H19F3N4O2. The van der Waals surface area contributed by atoms with Crippen molar-refractivity contribution in [3.63, 3.8) is 0 Å². The zero-order valence-corrected chi connectivity index (χ0v) is 12.8. The summed E-state index contributed by atoms with van der Waals surface area (Å²) in [6, 6.07) is 0. The maximum absolute atomic E-state index is 12.2. The summed E-state index contributed by atoms with van der Waals surface area (Å²) in [6.07, 6.45) is -0.103. The molecule has 1 aromatic heterocycles. The second-order valence-corrected chi connectivity index (χ2v) is 5.27. The molecule has 1 aliphatic heterocycles. The number of nitrogens with one attached hydrogen (secondary N) is 1. The first-order valence-corrected chi connectivity index (χ1v) is 7.43. The Labute approximate surface area is 132 Å². The van der Waals surface area contributed by atoms with Crippen LogP contribution in [0.2, 0.25) is 0 Å². The van der Waals surface area contributed by atoms with Gasteiger partial charge in [0.25, 0.3) is 0 Å². The van der Waals surface area contributed by atoms with Crippen LogP contribution in [0.1, 0.15) is 19.8 Å². The molecule has 1 saturated heterocycles. The zero-order chi connectivity index (χ0) is 16.9. The van der Waals surface area contributed by atoms with Crippen molar-refractivity contribution in [2.24, 2.45) is 5.92 Å². The van der Waals surface area contributed by atoms with Crippen LogP contribution in [-0.4, -0.2) is 48.3 Å². The molecule has 0 spiro atoms. The quantitative estimate of drug-likeness (QED) is 0.890. The number of nitrogens with zero attached hydrogens (tertiary/aromatic N) is 3. The van der Waals surface area contributed by atoms with Crippen molar-refractivity contribution in [1.82, 2.24) is 15.3 Å². The van der Waals surface area contributed by atoms with Crippen molar-refractivity contribution < 1.29 is 22.7 Å². The molecule has 6 nitrogen and oxygen atoms in total. The van der Waals surface area contributed by atoms with Crippen LogP contribution >= 0.6 is 0 Å². The Morgan fingerprint density at radius 2 is 2.26 bits per heavy atom. The number of hydrogen-bond acceptors (Lipinski definition) is 5. The van der Waals surface area contributed by atoms with Gasteiger partial charge in [0, 0.05) is 13.1 Å². The third-order valence-corrected chi connectivity index (χ3v) is 3.47. The van der Waals surface area contributed by atoms with Gasteiger partial charge in [0.05, 0.1) is 24.9 Å². The van der Waals surface area contributed by atoms with Crippen LogP contribution in [0.3, 0.4) is 0 Å². The second-order valence-electron chi connectivity index (χ2n) is 5.27. The van der Waals surface area contributed by atoms with Gasteiger partial charge in [-0.25, -0.2) is 0 Å². The van der Waals surface area contributed by atoms with E-state index in [1.807, 2.05) is 17.1 Å². The van der Waals surface area contributed by atoms with Gasteiger partial charge in [-0.3, -0.25) is 9.78 Å². The number of rotatable bonds is 5. The molecule has 0 radical (unpaired) electrons. The maximum Gasteiger partial charge on any atom is 0.405 e. The van der Waals surface area contributed by atoms with Crippen molar-refractivity contribution in [1.29, 1.82) is 0 Å². The van der Waals surface area contributed by atoms with E-state index in [2.05, 4.69) is 9.97 Å². The summed E-state index contributed by atoms with van der Waals surface area (Å²) >= 11 is 0. The van der Waals surface area contributed by atoms with Crippen LogP contribution in [0.5, 0.6) is 5.88 Å². The molecule has 1 fully saturated rings. The molecule has 0 saturated carbocycles. The van der Waals surface area contributed by atoms with Gasteiger partial charge in [-0.2, -0.15) is 18.2 Å². The van der Waals surface area contributed by atoms with Crippen LogP contribution in [0.25, 0.3) is 0 Å². The van der Waals surface area contributed by atoms with E-state index in [9.17, 15) is 18.0 Å². The molecule has 23 heavy (non-hydrogen) atoms. The normalized spacial score (nSPS) is 18.6. The minimum absolute atomic E-state index is 0.313. The summed E-state index contributed by atoms with van der Waals surface area (Å²) in [4.78, 5) is 22.1. The number of amides is 1. The van der Waals surface area contributed by atoms with Crippen LogP contribution < -0.4 is 15.0 Å². The minimum atomic E-state index is -4.40. The molecule has 2 rings (SSSR count). The molecular weight excluding hydrogens is 313 g/mol. The fourth-order valence-corrected chi connectivity index (χ4v) is 2.44. The van der Waals surface area contributed by atoms with E-state index in [1.54, 1.807) is 6.20 Å². The standard InChI is InChI=1S/C14H19F3N4O2/c1-2-23-12-7-18-6-11(20-12)21-5-3-4-10(8-21)13(22)19-9-14(15,16)17/h6-7,10H,2-5,8-9H2,1H3,(H,19,22). The Hall–Kier alpha value is -2.06. The average molecular weight is 332 g/mol. The van der Waals surface area contributed by atoms with E-state index in [4.69, 9.17) is 4.74 Å². The van der Waals surface area contributed by atoms with Gasteiger partial charge < -0.3 is 15.0 Å². The smallest absolute Gasteiger partial charge is 0.405 e. The number of alkyl halides is 3. The van der Waals surface area contributed by atoms with Gasteiger partial charge in [-0.05, 0) is 19.8 Å². The first-order chi connectivity index (χ1) is 10.9. The lowest BCUT2D eigenvalue weighted by molar-refractivity contribution is -0.140. The highest BCUT2D eigenvalue weighted by atomic mass is 19.4. The average Bonchev–Trinajstić information content (AvgIpc) is 2.53. The third-order valence-electron chi connectivity index (χ3n) is 3.47. The van der Waals surface area contributed by atoms with Crippen LogP contribution in [0.4, 0.5) is 19.0 Å². The monoisotopic (exact) mass is 332 g/mol. The Morgan fingerprint density at radius 3 is 2.96 bits per heavy atom. The molecule has 0 bridgehead atoms. The van der Waals surface area contributed by atoms with Gasteiger partial charge in [-0.1, -0.05) is 0 Å². The number of ether oxygens (including phenoxy) is 1. The lowest BCUT2D eigenvalue weighted by atomic mass is 9.97. The Morgan fingerprint density at radius 1 is 1.48 bits per heavy atom. The Balaban J connectivity index is 1.97. The van der Waals surface area contributed by atoms with Gasteiger partial charge in [0.15, 0.2) is 5.82 Å². The van der Waals surface area contributed by atoms with Gasteiger partial charge in [0.2, 0.25) is 11.8 Å². The number of piperidine rings is 1. The highest BCUT2D eigenvalue weighted by molar-refractivity contribution is 5.79. The predicted molar refractivity (Wildman–Crippen MR) is 77.2 cm³/mol. The molecule has 2 heterocycles. The van der Waals surface area contributed by atoms with E-state index in [-0.39, 0.29) is 0 Å². The summed E-state index contributed by atoms with van der Waals surface area (Å²) in [7, 11) is 0. The van der Waals surface area contributed by atoms with Gasteiger partial charge in [0.1, 0.15) is 6.54 Å². The first kappa shape index (κ1) is 17.3. The van der Waals surface area contributed by atoms with Crippen LogP contribution in [-0.2, 0) is 4.79 Å². The molecule has 1 N–H and O–H groups in total. The number of carbonyl (C=O) groups is 1. The van der Waals surface area contributed by atoms with Crippen LogP contribution in [0, 0.1) is 5.92 Å². The summed E-state index contributed by atoms with van der Waals surface area (Å²) in [5.74, 6) is -0.137. The number of carbonyl (C=O) groups excluding carboxylic acids is 1. The lowest BCUT2D eigenvalue weighted by Gasteiger charge is -2.32. The largest absolute Gasteiger partial charge is 0.477 e. The zero-order valence-electron chi connectivity index (χ0n) is 12.8. The molecule has 1 unspecified atom stereocenters. The van der Waals surface area contributed by atoms with E-state index >= 15 is 0 Å². The summed E-state index contributed by atoms with van der Waals surface area (Å²) < 4.78 is 41.8. The van der Waals surface area contributed by atoms with Crippen LogP contribution in [0.15, 0.2) is 12.4 Å². The highest BCUT2D eigenvalue weighted by Gasteiger charge is 2.31. The molecule has 128 valence electrons. The van der Waals surface area contributed by atoms with E-state index in [0.717, 1.165) is 0 Å². The minimum Gasteiger partial charge on any atom is -0.477 e. The van der Waals surface area contributed by atoms with E-state index < -0.39 is 24.5 Å². The Kier molecular flexibility index (Phi) is 5.62. The molecule has 1 aliphatic rings. The number of halogens is 3. The summed E-state index contributed by atoms with van der Waals surface area (Å²) in [6.45, 7) is 1.97. The number of aromatic nitrogens is 2. The second kappa shape index (κ2) is 7.47.